The largest absolute Gasteiger partial charge is 0.507 e. The molecule has 0 spiro atoms. The Morgan fingerprint density at radius 1 is 0.983 bits per heavy atom. The number of rotatable bonds is 10. The first kappa shape index (κ1) is 43.3. The average Bonchev–Trinajstić information content (AvgIpc) is 3.68. The van der Waals surface area contributed by atoms with E-state index in [0.717, 1.165) is 16.7 Å². The van der Waals surface area contributed by atoms with Crippen LogP contribution in [0.15, 0.2) is 36.4 Å². The van der Waals surface area contributed by atoms with Crippen LogP contribution in [0.2, 0.25) is 0 Å². The number of likely N-dealkylation sites (N-methyl/N-ethyl adjacent to an activating group) is 1. The summed E-state index contributed by atoms with van der Waals surface area (Å²) in [4.78, 5) is 44.2. The number of hydrogen-bond acceptors (Lipinski definition) is 12. The predicted molar refractivity (Wildman–Crippen MR) is 207 cm³/mol. The van der Waals surface area contributed by atoms with E-state index in [2.05, 4.69) is 31.8 Å². The number of piperazine rings is 1. The van der Waals surface area contributed by atoms with Gasteiger partial charge in [-0.1, -0.05) is 50.2 Å². The Bertz CT molecular complexity index is 2130. The van der Waals surface area contributed by atoms with E-state index < -0.39 is 54.2 Å². The van der Waals surface area contributed by atoms with Crippen molar-refractivity contribution in [2.45, 2.75) is 96.4 Å². The number of ether oxygens (including phenoxy) is 4. The topological polar surface area (TPSA) is 195 Å². The number of alkyl carbamates (subject to hydrolysis) is 1. The molecule has 3 aromatic rings. The summed E-state index contributed by atoms with van der Waals surface area (Å²) in [6, 6.07) is 9.27. The number of aromatic hydroxyl groups is 2. The number of phenolic OH excluding ortho intramolecular Hbond substituents is 2. The van der Waals surface area contributed by atoms with Crippen LogP contribution in [0.3, 0.4) is 0 Å². The fourth-order valence-electron chi connectivity index (χ4n) is 9.19. The number of carbonyl (C=O) groups is 3. The Kier molecular flexibility index (Phi) is 13.1. The first-order valence-electron chi connectivity index (χ1n) is 19.2. The molecule has 0 saturated carbocycles. The summed E-state index contributed by atoms with van der Waals surface area (Å²) in [6.07, 6.45) is 0.0295. The van der Waals surface area contributed by atoms with Crippen molar-refractivity contribution in [2.24, 2.45) is 5.92 Å². The van der Waals surface area contributed by atoms with E-state index in [1.54, 1.807) is 27.7 Å². The minimum atomic E-state index is -1.02. The van der Waals surface area contributed by atoms with E-state index in [4.69, 9.17) is 18.9 Å². The first-order chi connectivity index (χ1) is 27.3. The van der Waals surface area contributed by atoms with Crippen molar-refractivity contribution >= 4 is 17.9 Å². The third-order valence-corrected chi connectivity index (χ3v) is 11.9. The van der Waals surface area contributed by atoms with Gasteiger partial charge in [0, 0.05) is 84.9 Å². The SMILES string of the molecule is COc1c(C)cc2c(c1O)[C@@H]1C3Cc4c(O)c(C)c5c(c4[C@H](CNC(=O)[C@H](C)NC(=O)[C@@H](NC(=O)OCc4ccccc4)C(C)C)N3[C@@H](C#N)[C@H](C2)N1C)OCO5.[Ac]. The predicted octanol–water partition coefficient (Wildman–Crippen LogP) is 3.80. The van der Waals surface area contributed by atoms with Crippen LogP contribution in [0.25, 0.3) is 0 Å². The third kappa shape index (κ3) is 7.67. The second-order valence-electron chi connectivity index (χ2n) is 15.7. The van der Waals surface area contributed by atoms with Crippen molar-refractivity contribution in [3.05, 3.63) is 75.3 Å². The molecule has 1 fully saturated rings. The summed E-state index contributed by atoms with van der Waals surface area (Å²) in [6.45, 7) is 8.69. The van der Waals surface area contributed by atoms with E-state index in [-0.39, 0.29) is 87.5 Å². The molecule has 4 aliphatic rings. The number of carbonyl (C=O) groups excluding carboxylic acids is 3. The molecule has 1 radical (unpaired) electrons. The van der Waals surface area contributed by atoms with Gasteiger partial charge in [0.1, 0.15) is 30.5 Å². The monoisotopic (exact) mass is 1010 g/mol. The summed E-state index contributed by atoms with van der Waals surface area (Å²) in [7, 11) is 3.47. The van der Waals surface area contributed by atoms with Crippen LogP contribution in [-0.4, -0.2) is 95.6 Å². The molecule has 3 aromatic carbocycles. The van der Waals surface area contributed by atoms with Crippen LogP contribution in [0.5, 0.6) is 28.7 Å². The molecule has 2 bridgehead atoms. The minimum absolute atomic E-state index is 0. The molecule has 58 heavy (non-hydrogen) atoms. The molecule has 7 atom stereocenters. The van der Waals surface area contributed by atoms with Crippen molar-refractivity contribution in [1.29, 1.82) is 5.26 Å². The molecule has 0 aliphatic carbocycles. The van der Waals surface area contributed by atoms with Crippen LogP contribution >= 0.6 is 0 Å². The van der Waals surface area contributed by atoms with Crippen LogP contribution in [0.1, 0.15) is 71.8 Å². The smallest absolute Gasteiger partial charge is 0.408 e. The van der Waals surface area contributed by atoms with Gasteiger partial charge in [-0.3, -0.25) is 19.4 Å². The van der Waals surface area contributed by atoms with E-state index >= 15 is 0 Å². The average molecular weight is 1010 g/mol. The van der Waals surface area contributed by atoms with Gasteiger partial charge < -0.3 is 45.1 Å². The normalized spacial score (nSPS) is 22.5. The van der Waals surface area contributed by atoms with Gasteiger partial charge in [0.25, 0.3) is 0 Å². The zero-order valence-corrected chi connectivity index (χ0v) is 38.5. The fourth-order valence-corrected chi connectivity index (χ4v) is 9.19. The molecule has 4 heterocycles. The summed E-state index contributed by atoms with van der Waals surface area (Å²) in [5.74, 6) is -0.0640. The number of fused-ring (bicyclic) bond motifs is 9. The van der Waals surface area contributed by atoms with Crippen LogP contribution in [-0.2, 0) is 33.8 Å². The number of phenols is 2. The molecule has 305 valence electrons. The number of amides is 3. The Balaban J connectivity index is 0.00000567. The fraction of sp³-hybridized carbons (Fsp3) is 0.476. The Hall–Kier alpha value is -4.28. The molecule has 16 heteroatoms. The summed E-state index contributed by atoms with van der Waals surface area (Å²) < 4.78 is 22.8. The Morgan fingerprint density at radius 3 is 2.36 bits per heavy atom. The number of nitrogens with one attached hydrogen (secondary N) is 3. The molecule has 0 aromatic heterocycles. The van der Waals surface area contributed by atoms with Crippen molar-refractivity contribution in [2.75, 3.05) is 27.5 Å². The van der Waals surface area contributed by atoms with E-state index in [1.165, 1.54) is 7.11 Å². The number of hydrogen-bond donors (Lipinski definition) is 5. The molecule has 1 unspecified atom stereocenters. The van der Waals surface area contributed by atoms with Gasteiger partial charge in [0.2, 0.25) is 18.6 Å². The van der Waals surface area contributed by atoms with Crippen molar-refractivity contribution in [3.63, 3.8) is 0 Å². The Morgan fingerprint density at radius 2 is 1.69 bits per heavy atom. The summed E-state index contributed by atoms with van der Waals surface area (Å²) in [5, 5.41) is 42.7. The number of aryl methyl sites for hydroxylation is 1. The van der Waals surface area contributed by atoms with Gasteiger partial charge in [-0.25, -0.2) is 4.79 Å². The van der Waals surface area contributed by atoms with E-state index in [0.29, 0.717) is 52.3 Å². The van der Waals surface area contributed by atoms with Crippen LogP contribution < -0.4 is 30.2 Å². The van der Waals surface area contributed by atoms with Crippen molar-refractivity contribution in [3.8, 4) is 34.8 Å². The second kappa shape index (κ2) is 17.5. The molecule has 5 N–H and O–H groups in total. The molecule has 15 nitrogen and oxygen atoms in total. The maximum Gasteiger partial charge on any atom is 0.408 e. The maximum absolute atomic E-state index is 13.9. The zero-order valence-electron chi connectivity index (χ0n) is 33.8. The van der Waals surface area contributed by atoms with Gasteiger partial charge in [0.05, 0.1) is 25.3 Å². The number of nitriles is 1. The number of nitrogens with zero attached hydrogens (tertiary/aromatic N) is 3. The summed E-state index contributed by atoms with van der Waals surface area (Å²) >= 11 is 0. The standard InChI is InChI=1S/C42H50N6O9.Ac/c1-20(2)33(46-42(53)55-18-24-11-9-8-10-12-24)41(52)45-23(5)40(51)44-17-30-32-26(35(49)22(4)38-39(32)57-19-56-38)15-28-34-31-25(13-21(3)37(54-7)36(31)50)14-27(47(34)6)29(16-43)48(28)30;/h8-13,20,23,27-30,33-34,49-50H,14-15,17-19H2,1-7H3,(H,44,51)(H,45,52)(H,46,53);/t23-,27-,28?,29-,30-,33-,34-;/m0./s1. The van der Waals surface area contributed by atoms with Gasteiger partial charge in [-0.05, 0) is 63.3 Å². The van der Waals surface area contributed by atoms with Gasteiger partial charge in [-0.15, -0.1) is 0 Å². The molecular weight excluding hydrogens is 959 g/mol. The Labute approximate surface area is 373 Å². The molecular formula is C42H50AcN6O9. The molecule has 3 amide bonds. The van der Waals surface area contributed by atoms with Crippen molar-refractivity contribution in [1.82, 2.24) is 25.8 Å². The zero-order chi connectivity index (χ0) is 40.9. The minimum Gasteiger partial charge on any atom is -0.507 e. The summed E-state index contributed by atoms with van der Waals surface area (Å²) in [5.41, 5.74) is 4.97. The molecule has 1 saturated heterocycles. The second-order valence-corrected chi connectivity index (χ2v) is 15.7. The maximum atomic E-state index is 13.9. The molecule has 4 aliphatic heterocycles. The van der Waals surface area contributed by atoms with Gasteiger partial charge >= 0.3 is 6.09 Å². The number of methoxy groups -OCH3 is 1. The van der Waals surface area contributed by atoms with Crippen LogP contribution in [0.4, 0.5) is 4.79 Å². The van der Waals surface area contributed by atoms with Gasteiger partial charge in [0.15, 0.2) is 23.0 Å². The third-order valence-electron chi connectivity index (χ3n) is 11.9. The van der Waals surface area contributed by atoms with Crippen molar-refractivity contribution < 1.29 is 87.6 Å². The van der Waals surface area contributed by atoms with Gasteiger partial charge in [-0.2, -0.15) is 5.26 Å². The van der Waals surface area contributed by atoms with E-state index in [1.807, 2.05) is 50.4 Å². The first-order valence-corrected chi connectivity index (χ1v) is 19.2. The molecule has 7 rings (SSSR count). The number of benzene rings is 3. The van der Waals surface area contributed by atoms with E-state index in [9.17, 15) is 29.9 Å². The quantitative estimate of drug-likeness (QED) is 0.198. The van der Waals surface area contributed by atoms with Crippen LogP contribution in [0, 0.1) is 75.2 Å².